The van der Waals surface area contributed by atoms with Gasteiger partial charge in [0.25, 0.3) is 0 Å². The predicted molar refractivity (Wildman–Crippen MR) is 244 cm³/mol. The summed E-state index contributed by atoms with van der Waals surface area (Å²) in [6.07, 6.45) is 6.42. The second-order valence-electron chi connectivity index (χ2n) is 14.5. The van der Waals surface area contributed by atoms with Crippen molar-refractivity contribution in [3.05, 3.63) is 212 Å². The molecule has 0 bridgehead atoms. The van der Waals surface area contributed by atoms with Crippen molar-refractivity contribution in [3.8, 4) is 45.3 Å². The first-order chi connectivity index (χ1) is 28.6. The number of hydrogen-bond acceptors (Lipinski definition) is 3. The third-order valence-electron chi connectivity index (χ3n) is 10.9. The fourth-order valence-electron chi connectivity index (χ4n) is 8.00. The lowest BCUT2D eigenvalue weighted by molar-refractivity contribution is 1.07. The number of hydrogen-bond donors (Lipinski definition) is 0. The highest BCUT2D eigenvalue weighted by atomic mass is 15.0. The highest BCUT2D eigenvalue weighted by molar-refractivity contribution is 6.22. The Bertz CT molecular complexity index is 3220. The van der Waals surface area contributed by atoms with E-state index in [4.69, 9.17) is 15.0 Å². The Morgan fingerprint density at radius 2 is 1.00 bits per heavy atom. The lowest BCUT2D eigenvalue weighted by Gasteiger charge is -2.12. The van der Waals surface area contributed by atoms with Gasteiger partial charge in [0, 0.05) is 33.2 Å². The van der Waals surface area contributed by atoms with Gasteiger partial charge in [-0.3, -0.25) is 0 Å². The average molecular weight is 743 g/mol. The van der Waals surface area contributed by atoms with Crippen LogP contribution in [0.15, 0.2) is 207 Å². The zero-order valence-electron chi connectivity index (χ0n) is 32.0. The Morgan fingerprint density at radius 3 is 1.71 bits per heavy atom. The van der Waals surface area contributed by atoms with Crippen LogP contribution in [0.3, 0.4) is 0 Å². The topological polar surface area (TPSA) is 43.6 Å². The van der Waals surface area contributed by atoms with Crippen LogP contribution < -0.4 is 0 Å². The van der Waals surface area contributed by atoms with Crippen LogP contribution in [0.2, 0.25) is 0 Å². The zero-order chi connectivity index (χ0) is 39.0. The van der Waals surface area contributed by atoms with E-state index >= 15 is 0 Å². The molecule has 0 saturated carbocycles. The quantitative estimate of drug-likeness (QED) is 0.146. The summed E-state index contributed by atoms with van der Waals surface area (Å²) in [5.41, 5.74) is 10.3. The highest BCUT2D eigenvalue weighted by Crippen LogP contribution is 2.38. The molecule has 0 radical (unpaired) electrons. The Balaban J connectivity index is 1.00. The molecule has 0 saturated heterocycles. The molecule has 0 atom stereocenters. The first-order valence-electron chi connectivity index (χ1n) is 19.6. The van der Waals surface area contributed by atoms with Crippen molar-refractivity contribution in [3.63, 3.8) is 0 Å². The molecule has 0 aliphatic heterocycles. The summed E-state index contributed by atoms with van der Waals surface area (Å²) < 4.78 is 2.35. The number of fused-ring (bicyclic) bond motifs is 6. The third kappa shape index (κ3) is 6.37. The largest absolute Gasteiger partial charge is 0.309 e. The van der Waals surface area contributed by atoms with Gasteiger partial charge < -0.3 is 4.57 Å². The molecule has 0 amide bonds. The van der Waals surface area contributed by atoms with Gasteiger partial charge in [0.2, 0.25) is 0 Å². The molecular formula is C54H38N4. The monoisotopic (exact) mass is 742 g/mol. The SMILES string of the molecule is C=C(/C=C(\C=C/C)n1c2ccccc2c2c3ccccc3ccc21)c1ccc(-c2nc(-c3ccccc3)nc(-c3ccc(-c4ccc5ccccc5c4)cc3)n2)cc1. The molecule has 10 aromatic rings. The third-order valence-corrected chi connectivity index (χ3v) is 10.9. The van der Waals surface area contributed by atoms with Gasteiger partial charge in [0.1, 0.15) is 0 Å². The van der Waals surface area contributed by atoms with E-state index < -0.39 is 0 Å². The molecule has 10 rings (SSSR count). The fourth-order valence-corrected chi connectivity index (χ4v) is 8.00. The number of allylic oxidation sites excluding steroid dienone is 5. The Kier molecular flexibility index (Phi) is 8.85. The molecule has 58 heavy (non-hydrogen) atoms. The molecule has 4 nitrogen and oxygen atoms in total. The van der Waals surface area contributed by atoms with Crippen LogP contribution >= 0.6 is 0 Å². The zero-order valence-corrected chi connectivity index (χ0v) is 32.0. The van der Waals surface area contributed by atoms with Crippen molar-refractivity contribution in [1.82, 2.24) is 19.5 Å². The molecule has 0 fully saturated rings. The summed E-state index contributed by atoms with van der Waals surface area (Å²) >= 11 is 0. The van der Waals surface area contributed by atoms with Crippen molar-refractivity contribution in [2.45, 2.75) is 6.92 Å². The fraction of sp³-hybridized carbons (Fsp3) is 0.0185. The van der Waals surface area contributed by atoms with Crippen LogP contribution in [-0.4, -0.2) is 19.5 Å². The Labute approximate surface area is 337 Å². The average Bonchev–Trinajstić information content (AvgIpc) is 3.64. The van der Waals surface area contributed by atoms with Crippen LogP contribution in [0.1, 0.15) is 12.5 Å². The van der Waals surface area contributed by atoms with E-state index in [9.17, 15) is 0 Å². The molecule has 4 heteroatoms. The molecule has 8 aromatic carbocycles. The number of aromatic nitrogens is 4. The standard InChI is InChI=1S/C54H38N4/c1-3-13-46(58-49-21-12-11-20-48(49)51-47-19-10-9-15-40(47)32-33-50(51)58)34-36(2)37-22-27-42(28-23-37)53-55-52(41-16-5-4-6-17-41)56-54(57-53)43-29-24-39(25-30-43)45-31-26-38-14-7-8-18-44(38)35-45/h3-35H,2H2,1H3/b13-3-,46-34+. The highest BCUT2D eigenvalue weighted by Gasteiger charge is 2.16. The maximum absolute atomic E-state index is 5.03. The second-order valence-corrected chi connectivity index (χ2v) is 14.5. The minimum absolute atomic E-state index is 0.613. The van der Waals surface area contributed by atoms with Crippen molar-refractivity contribution in [1.29, 1.82) is 0 Å². The van der Waals surface area contributed by atoms with E-state index in [1.54, 1.807) is 0 Å². The first-order valence-corrected chi connectivity index (χ1v) is 19.6. The maximum atomic E-state index is 5.03. The van der Waals surface area contributed by atoms with Crippen molar-refractivity contribution in [2.24, 2.45) is 0 Å². The molecule has 2 aromatic heterocycles. The van der Waals surface area contributed by atoms with Crippen molar-refractivity contribution < 1.29 is 0 Å². The smallest absolute Gasteiger partial charge is 0.164 e. The van der Waals surface area contributed by atoms with E-state index in [0.29, 0.717) is 17.5 Å². The van der Waals surface area contributed by atoms with Crippen LogP contribution in [-0.2, 0) is 0 Å². The Morgan fingerprint density at radius 1 is 0.466 bits per heavy atom. The summed E-state index contributed by atoms with van der Waals surface area (Å²) in [6, 6.07) is 63.7. The second kappa shape index (κ2) is 14.8. The lowest BCUT2D eigenvalue weighted by Crippen LogP contribution is -2.00. The van der Waals surface area contributed by atoms with Gasteiger partial charge >= 0.3 is 0 Å². The summed E-state index contributed by atoms with van der Waals surface area (Å²) in [5, 5.41) is 7.42. The van der Waals surface area contributed by atoms with Gasteiger partial charge in [-0.15, -0.1) is 0 Å². The van der Waals surface area contributed by atoms with Gasteiger partial charge in [-0.05, 0) is 81.1 Å². The summed E-state index contributed by atoms with van der Waals surface area (Å²) in [6.45, 7) is 6.61. The van der Waals surface area contributed by atoms with Crippen LogP contribution in [0, 0.1) is 0 Å². The molecule has 0 aliphatic carbocycles. The van der Waals surface area contributed by atoms with Gasteiger partial charge in [-0.2, -0.15) is 0 Å². The van der Waals surface area contributed by atoms with Crippen molar-refractivity contribution in [2.75, 3.05) is 0 Å². The van der Waals surface area contributed by atoms with Gasteiger partial charge in [-0.25, -0.2) is 15.0 Å². The van der Waals surface area contributed by atoms with Gasteiger partial charge in [0.05, 0.1) is 11.0 Å². The van der Waals surface area contributed by atoms with E-state index in [2.05, 4.69) is 188 Å². The van der Waals surface area contributed by atoms with E-state index in [1.165, 1.54) is 37.9 Å². The molecular weight excluding hydrogens is 705 g/mol. The van der Waals surface area contributed by atoms with Gasteiger partial charge in [-0.1, -0.05) is 176 Å². The lowest BCUT2D eigenvalue weighted by atomic mass is 10.00. The van der Waals surface area contributed by atoms with Gasteiger partial charge in [0.15, 0.2) is 17.5 Å². The predicted octanol–water partition coefficient (Wildman–Crippen LogP) is 14.1. The number of rotatable bonds is 8. The summed E-state index contributed by atoms with van der Waals surface area (Å²) in [5.74, 6) is 1.87. The van der Waals surface area contributed by atoms with E-state index in [0.717, 1.165) is 50.1 Å². The van der Waals surface area contributed by atoms with E-state index in [1.807, 2.05) is 30.3 Å². The first kappa shape index (κ1) is 34.8. The van der Waals surface area contributed by atoms with Crippen LogP contribution in [0.5, 0.6) is 0 Å². The number of benzene rings is 8. The molecule has 2 heterocycles. The van der Waals surface area contributed by atoms with Crippen molar-refractivity contribution >= 4 is 54.6 Å². The molecule has 0 aliphatic rings. The number of para-hydroxylation sites is 1. The summed E-state index contributed by atoms with van der Waals surface area (Å²) in [4.78, 5) is 15.0. The maximum Gasteiger partial charge on any atom is 0.164 e. The summed E-state index contributed by atoms with van der Waals surface area (Å²) in [7, 11) is 0. The number of nitrogens with zero attached hydrogens (tertiary/aromatic N) is 4. The normalized spacial score (nSPS) is 12.0. The molecule has 0 spiro atoms. The molecule has 0 N–H and O–H groups in total. The minimum Gasteiger partial charge on any atom is -0.309 e. The van der Waals surface area contributed by atoms with Crippen LogP contribution in [0.25, 0.3) is 99.9 Å². The minimum atomic E-state index is 0.613. The molecule has 274 valence electrons. The molecule has 0 unspecified atom stereocenters. The van der Waals surface area contributed by atoms with E-state index in [-0.39, 0.29) is 0 Å². The van der Waals surface area contributed by atoms with Crippen LogP contribution in [0.4, 0.5) is 0 Å². The Hall–Kier alpha value is -7.69.